The van der Waals surface area contributed by atoms with Gasteiger partial charge < -0.3 is 0 Å². The highest BCUT2D eigenvalue weighted by molar-refractivity contribution is 9.11. The molecule has 0 saturated carbocycles. The fourth-order valence-corrected chi connectivity index (χ4v) is 3.47. The summed E-state index contributed by atoms with van der Waals surface area (Å²) in [7, 11) is 0. The van der Waals surface area contributed by atoms with Crippen molar-refractivity contribution in [2.75, 3.05) is 0 Å². The summed E-state index contributed by atoms with van der Waals surface area (Å²) in [5.74, 6) is 0. The molecule has 3 nitrogen and oxygen atoms in total. The molecule has 18 heavy (non-hydrogen) atoms. The molecule has 0 fully saturated rings. The SMILES string of the molecule is O=c1[nH]nc(-c2cc(Cl)c(Br)s2)c2ccccc12. The smallest absolute Gasteiger partial charge is 0.267 e. The molecule has 2 aromatic heterocycles. The molecule has 0 aliphatic heterocycles. The molecule has 1 aromatic carbocycles. The van der Waals surface area contributed by atoms with Crippen LogP contribution in [0.4, 0.5) is 0 Å². The lowest BCUT2D eigenvalue weighted by molar-refractivity contribution is 1.02. The molecule has 0 radical (unpaired) electrons. The number of fused-ring (bicyclic) bond motifs is 1. The highest BCUT2D eigenvalue weighted by Crippen LogP contribution is 2.38. The zero-order chi connectivity index (χ0) is 12.7. The Kier molecular flexibility index (Phi) is 2.97. The van der Waals surface area contributed by atoms with Crippen LogP contribution < -0.4 is 5.56 Å². The molecule has 0 saturated heterocycles. The highest BCUT2D eigenvalue weighted by Gasteiger charge is 2.12. The van der Waals surface area contributed by atoms with Crippen molar-refractivity contribution < 1.29 is 0 Å². The van der Waals surface area contributed by atoms with E-state index < -0.39 is 0 Å². The Morgan fingerprint density at radius 3 is 2.67 bits per heavy atom. The van der Waals surface area contributed by atoms with Crippen LogP contribution in [-0.2, 0) is 0 Å². The van der Waals surface area contributed by atoms with Crippen LogP contribution in [0.2, 0.25) is 5.02 Å². The first-order valence-electron chi connectivity index (χ1n) is 5.09. The standard InChI is InChI=1S/C12H6BrClN2OS/c13-11-8(14)5-9(18-11)10-6-3-1-2-4-7(6)12(17)16-15-10/h1-5H,(H,16,17). The van der Waals surface area contributed by atoms with Crippen LogP contribution in [0, 0.1) is 0 Å². The van der Waals surface area contributed by atoms with Crippen LogP contribution in [0.15, 0.2) is 38.9 Å². The molecule has 2 heterocycles. The van der Waals surface area contributed by atoms with Gasteiger partial charge in [-0.3, -0.25) is 4.79 Å². The van der Waals surface area contributed by atoms with Crippen LogP contribution in [0.1, 0.15) is 0 Å². The first-order chi connectivity index (χ1) is 8.66. The molecular formula is C12H6BrClN2OS. The van der Waals surface area contributed by atoms with E-state index in [4.69, 9.17) is 11.6 Å². The van der Waals surface area contributed by atoms with E-state index in [-0.39, 0.29) is 5.56 Å². The Hall–Kier alpha value is -1.17. The molecule has 3 rings (SSSR count). The van der Waals surface area contributed by atoms with Crippen LogP contribution in [0.25, 0.3) is 21.3 Å². The van der Waals surface area contributed by atoms with Gasteiger partial charge in [0.15, 0.2) is 0 Å². The average Bonchev–Trinajstić information content (AvgIpc) is 2.70. The molecule has 0 aliphatic carbocycles. The summed E-state index contributed by atoms with van der Waals surface area (Å²) in [4.78, 5) is 12.6. The predicted molar refractivity (Wildman–Crippen MR) is 78.4 cm³/mol. The second-order valence-corrected chi connectivity index (χ2v) is 6.46. The number of H-pyrrole nitrogens is 1. The number of aromatic amines is 1. The van der Waals surface area contributed by atoms with Gasteiger partial charge in [-0.25, -0.2) is 5.10 Å². The average molecular weight is 342 g/mol. The Bertz CT molecular complexity index is 777. The van der Waals surface area contributed by atoms with Gasteiger partial charge in [-0.2, -0.15) is 5.10 Å². The summed E-state index contributed by atoms with van der Waals surface area (Å²) in [6.07, 6.45) is 0. The molecular weight excluding hydrogens is 336 g/mol. The molecule has 0 atom stereocenters. The second-order valence-electron chi connectivity index (χ2n) is 3.68. The topological polar surface area (TPSA) is 45.8 Å². The summed E-state index contributed by atoms with van der Waals surface area (Å²) in [6.45, 7) is 0. The molecule has 0 amide bonds. The van der Waals surface area contributed by atoms with Gasteiger partial charge in [0, 0.05) is 5.39 Å². The summed E-state index contributed by atoms with van der Waals surface area (Å²) in [5.41, 5.74) is 0.555. The normalized spacial score (nSPS) is 11.0. The third-order valence-electron chi connectivity index (χ3n) is 2.57. The van der Waals surface area contributed by atoms with Crippen molar-refractivity contribution in [3.05, 3.63) is 49.5 Å². The van der Waals surface area contributed by atoms with E-state index in [0.717, 1.165) is 19.7 Å². The summed E-state index contributed by atoms with van der Waals surface area (Å²) >= 11 is 10.9. The van der Waals surface area contributed by atoms with E-state index >= 15 is 0 Å². The van der Waals surface area contributed by atoms with Gasteiger partial charge in [0.1, 0.15) is 5.69 Å². The lowest BCUT2D eigenvalue weighted by Gasteiger charge is -2.01. The van der Waals surface area contributed by atoms with E-state index in [1.165, 1.54) is 11.3 Å². The maximum absolute atomic E-state index is 11.7. The third-order valence-corrected chi connectivity index (χ3v) is 5.06. The van der Waals surface area contributed by atoms with Crippen LogP contribution >= 0.6 is 38.9 Å². The van der Waals surface area contributed by atoms with Crippen molar-refractivity contribution in [2.24, 2.45) is 0 Å². The lowest BCUT2D eigenvalue weighted by Crippen LogP contribution is -2.08. The Labute approximate surface area is 120 Å². The highest BCUT2D eigenvalue weighted by atomic mass is 79.9. The van der Waals surface area contributed by atoms with Crippen molar-refractivity contribution in [1.82, 2.24) is 10.2 Å². The Morgan fingerprint density at radius 2 is 2.00 bits per heavy atom. The molecule has 0 unspecified atom stereocenters. The minimum atomic E-state index is -0.184. The number of benzene rings is 1. The minimum absolute atomic E-state index is 0.184. The van der Waals surface area contributed by atoms with Crippen molar-refractivity contribution in [3.63, 3.8) is 0 Å². The summed E-state index contributed by atoms with van der Waals surface area (Å²) in [6, 6.07) is 9.22. The largest absolute Gasteiger partial charge is 0.272 e. The van der Waals surface area contributed by atoms with Gasteiger partial charge in [-0.15, -0.1) is 11.3 Å². The van der Waals surface area contributed by atoms with Crippen molar-refractivity contribution >= 4 is 49.6 Å². The van der Waals surface area contributed by atoms with E-state index in [0.29, 0.717) is 10.4 Å². The molecule has 0 aliphatic rings. The first kappa shape index (κ1) is 11.9. The van der Waals surface area contributed by atoms with Crippen molar-refractivity contribution in [1.29, 1.82) is 0 Å². The Morgan fingerprint density at radius 1 is 1.28 bits per heavy atom. The zero-order valence-electron chi connectivity index (χ0n) is 8.91. The Balaban J connectivity index is 2.36. The second kappa shape index (κ2) is 4.50. The number of aromatic nitrogens is 2. The molecule has 3 aromatic rings. The quantitative estimate of drug-likeness (QED) is 0.725. The molecule has 6 heteroatoms. The predicted octanol–water partition coefficient (Wildman–Crippen LogP) is 4.07. The van der Waals surface area contributed by atoms with Crippen LogP contribution in [0.3, 0.4) is 0 Å². The number of thiophene rings is 1. The molecule has 90 valence electrons. The van der Waals surface area contributed by atoms with E-state index in [1.807, 2.05) is 24.3 Å². The van der Waals surface area contributed by atoms with Crippen LogP contribution in [0.5, 0.6) is 0 Å². The number of halogens is 2. The number of rotatable bonds is 1. The fraction of sp³-hybridized carbons (Fsp3) is 0. The number of hydrogen-bond donors (Lipinski definition) is 1. The molecule has 0 spiro atoms. The van der Waals surface area contributed by atoms with Crippen LogP contribution in [-0.4, -0.2) is 10.2 Å². The van der Waals surface area contributed by atoms with Crippen molar-refractivity contribution in [2.45, 2.75) is 0 Å². The van der Waals surface area contributed by atoms with E-state index in [9.17, 15) is 4.79 Å². The van der Waals surface area contributed by atoms with Gasteiger partial charge in [0.25, 0.3) is 5.56 Å². The zero-order valence-corrected chi connectivity index (χ0v) is 12.1. The number of hydrogen-bond acceptors (Lipinski definition) is 3. The molecule has 0 bridgehead atoms. The summed E-state index contributed by atoms with van der Waals surface area (Å²) < 4.78 is 0.858. The number of nitrogens with zero attached hydrogens (tertiary/aromatic N) is 1. The van der Waals surface area contributed by atoms with Crippen molar-refractivity contribution in [3.8, 4) is 10.6 Å². The first-order valence-corrected chi connectivity index (χ1v) is 7.08. The number of nitrogens with one attached hydrogen (secondary N) is 1. The van der Waals surface area contributed by atoms with Gasteiger partial charge in [0.05, 0.1) is 19.1 Å². The summed E-state index contributed by atoms with van der Waals surface area (Å²) in [5, 5.41) is 8.74. The monoisotopic (exact) mass is 340 g/mol. The maximum atomic E-state index is 11.7. The maximum Gasteiger partial charge on any atom is 0.272 e. The molecule has 1 N–H and O–H groups in total. The van der Waals surface area contributed by atoms with Gasteiger partial charge in [0.2, 0.25) is 0 Å². The fourth-order valence-electron chi connectivity index (χ4n) is 1.77. The lowest BCUT2D eigenvalue weighted by atomic mass is 10.1. The minimum Gasteiger partial charge on any atom is -0.267 e. The van der Waals surface area contributed by atoms with Gasteiger partial charge >= 0.3 is 0 Å². The van der Waals surface area contributed by atoms with Gasteiger partial charge in [-0.05, 0) is 28.1 Å². The van der Waals surface area contributed by atoms with E-state index in [1.54, 1.807) is 6.07 Å². The van der Waals surface area contributed by atoms with Gasteiger partial charge in [-0.1, -0.05) is 29.8 Å². The third kappa shape index (κ3) is 1.88. The van der Waals surface area contributed by atoms with E-state index in [2.05, 4.69) is 26.1 Å².